The Labute approximate surface area is 120 Å². The summed E-state index contributed by atoms with van der Waals surface area (Å²) in [6.45, 7) is 3.76. The third-order valence-corrected chi connectivity index (χ3v) is 2.77. The summed E-state index contributed by atoms with van der Waals surface area (Å²) in [5, 5.41) is 12.1. The fourth-order valence-electron chi connectivity index (χ4n) is 1.74. The minimum Gasteiger partial charge on any atom is -0.389 e. The first kappa shape index (κ1) is 16.1. The van der Waals surface area contributed by atoms with E-state index >= 15 is 0 Å². The molecule has 2 N–H and O–H groups in total. The summed E-state index contributed by atoms with van der Waals surface area (Å²) in [5.41, 5.74) is -0.734. The molecule has 0 unspecified atom stereocenters. The van der Waals surface area contributed by atoms with Gasteiger partial charge in [-0.15, -0.1) is 0 Å². The van der Waals surface area contributed by atoms with Crippen LogP contribution in [-0.4, -0.2) is 41.7 Å². The summed E-state index contributed by atoms with van der Waals surface area (Å²) < 4.78 is 14.1. The molecule has 106 valence electrons. The number of carbonyl (C=O) groups excluding carboxylic acids is 1. The second-order valence-electron chi connectivity index (χ2n) is 5.16. The number of likely N-dealkylation sites (N-methyl/N-ethyl adjacent to an activating group) is 1. The van der Waals surface area contributed by atoms with Crippen LogP contribution in [0.25, 0.3) is 0 Å². The third kappa shape index (κ3) is 6.13. The fraction of sp³-hybridized carbons (Fsp3) is 0.462. The zero-order valence-electron chi connectivity index (χ0n) is 11.2. The van der Waals surface area contributed by atoms with Crippen LogP contribution in [0.15, 0.2) is 22.7 Å². The first-order valence-corrected chi connectivity index (χ1v) is 6.62. The molecule has 1 aromatic carbocycles. The highest BCUT2D eigenvalue weighted by atomic mass is 79.9. The average Bonchev–Trinajstić information content (AvgIpc) is 2.19. The number of aliphatic hydroxyl groups is 1. The molecule has 0 heterocycles. The Bertz CT molecular complexity index is 460. The number of anilines is 1. The van der Waals surface area contributed by atoms with E-state index in [9.17, 15) is 14.3 Å². The predicted octanol–water partition coefficient (Wildman–Crippen LogP) is 2.23. The van der Waals surface area contributed by atoms with Gasteiger partial charge >= 0.3 is 0 Å². The Balaban J connectivity index is 2.56. The molecule has 0 radical (unpaired) electrons. The van der Waals surface area contributed by atoms with Gasteiger partial charge in [0.15, 0.2) is 0 Å². The quantitative estimate of drug-likeness (QED) is 0.869. The Morgan fingerprint density at radius 2 is 2.16 bits per heavy atom. The fourth-order valence-corrected chi connectivity index (χ4v) is 2.08. The van der Waals surface area contributed by atoms with Crippen molar-refractivity contribution in [3.63, 3.8) is 0 Å². The van der Waals surface area contributed by atoms with E-state index < -0.39 is 11.4 Å². The maximum atomic E-state index is 13.5. The van der Waals surface area contributed by atoms with Crippen molar-refractivity contribution < 1.29 is 14.3 Å². The normalized spacial score (nSPS) is 11.7. The van der Waals surface area contributed by atoms with Gasteiger partial charge in [-0.05, 0) is 39.1 Å². The number of benzene rings is 1. The second-order valence-corrected chi connectivity index (χ2v) is 6.07. The Morgan fingerprint density at radius 3 is 2.68 bits per heavy atom. The highest BCUT2D eigenvalue weighted by Gasteiger charge is 2.17. The molecule has 0 atom stereocenters. The Hall–Kier alpha value is -0.980. The lowest BCUT2D eigenvalue weighted by molar-refractivity contribution is -0.117. The smallest absolute Gasteiger partial charge is 0.238 e. The summed E-state index contributed by atoms with van der Waals surface area (Å²) in [4.78, 5) is 13.4. The second kappa shape index (κ2) is 6.45. The van der Waals surface area contributed by atoms with E-state index in [0.29, 0.717) is 11.0 Å². The Morgan fingerprint density at radius 1 is 1.53 bits per heavy atom. The van der Waals surface area contributed by atoms with Crippen LogP contribution in [-0.2, 0) is 4.79 Å². The monoisotopic (exact) mass is 332 g/mol. The van der Waals surface area contributed by atoms with Crippen LogP contribution in [0.4, 0.5) is 10.1 Å². The number of rotatable bonds is 5. The first-order chi connectivity index (χ1) is 8.67. The minimum absolute atomic E-state index is 0.0828. The molecule has 1 aromatic rings. The summed E-state index contributed by atoms with van der Waals surface area (Å²) in [6.07, 6.45) is 0. The molecule has 0 spiro atoms. The molecule has 4 nitrogen and oxygen atoms in total. The summed E-state index contributed by atoms with van der Waals surface area (Å²) in [5.74, 6) is -0.819. The van der Waals surface area contributed by atoms with Crippen molar-refractivity contribution in [3.05, 3.63) is 28.5 Å². The van der Waals surface area contributed by atoms with Crippen molar-refractivity contribution in [1.82, 2.24) is 4.90 Å². The predicted molar refractivity (Wildman–Crippen MR) is 76.5 cm³/mol. The molecule has 0 bridgehead atoms. The van der Waals surface area contributed by atoms with Crippen LogP contribution in [0.3, 0.4) is 0 Å². The SMILES string of the molecule is CN(CC(=O)Nc1ccc(Br)cc1F)CC(C)(C)O. The van der Waals surface area contributed by atoms with E-state index in [4.69, 9.17) is 0 Å². The van der Waals surface area contributed by atoms with Gasteiger partial charge in [0.2, 0.25) is 5.91 Å². The molecule has 19 heavy (non-hydrogen) atoms. The van der Waals surface area contributed by atoms with E-state index in [-0.39, 0.29) is 18.1 Å². The molecule has 0 aliphatic rings. The molecule has 0 saturated carbocycles. The molecule has 0 fully saturated rings. The lowest BCUT2D eigenvalue weighted by Gasteiger charge is -2.24. The van der Waals surface area contributed by atoms with Crippen molar-refractivity contribution in [2.75, 3.05) is 25.5 Å². The molecule has 0 aromatic heterocycles. The maximum absolute atomic E-state index is 13.5. The molecule has 1 amide bonds. The van der Waals surface area contributed by atoms with E-state index in [1.165, 1.54) is 12.1 Å². The summed E-state index contributed by atoms with van der Waals surface area (Å²) >= 11 is 3.15. The van der Waals surface area contributed by atoms with Crippen molar-refractivity contribution in [1.29, 1.82) is 0 Å². The molecule has 1 rings (SSSR count). The van der Waals surface area contributed by atoms with Gasteiger partial charge in [-0.25, -0.2) is 4.39 Å². The third-order valence-electron chi connectivity index (χ3n) is 2.28. The number of nitrogens with one attached hydrogen (secondary N) is 1. The van der Waals surface area contributed by atoms with Crippen LogP contribution in [0.2, 0.25) is 0 Å². The van der Waals surface area contributed by atoms with Gasteiger partial charge in [-0.3, -0.25) is 9.69 Å². The van der Waals surface area contributed by atoms with Gasteiger partial charge in [0.05, 0.1) is 17.8 Å². The molecule has 0 saturated heterocycles. The zero-order valence-corrected chi connectivity index (χ0v) is 12.8. The van der Waals surface area contributed by atoms with Crippen LogP contribution in [0.5, 0.6) is 0 Å². The first-order valence-electron chi connectivity index (χ1n) is 5.83. The number of halogens is 2. The van der Waals surface area contributed by atoms with Crippen LogP contribution >= 0.6 is 15.9 Å². The number of hydrogen-bond donors (Lipinski definition) is 2. The van der Waals surface area contributed by atoms with E-state index in [2.05, 4.69) is 21.2 Å². The van der Waals surface area contributed by atoms with Crippen molar-refractivity contribution in [2.24, 2.45) is 0 Å². The number of amides is 1. The number of carbonyl (C=O) groups is 1. The van der Waals surface area contributed by atoms with E-state index in [1.54, 1.807) is 31.9 Å². The zero-order chi connectivity index (χ0) is 14.6. The van der Waals surface area contributed by atoms with Crippen LogP contribution in [0.1, 0.15) is 13.8 Å². The number of nitrogens with zero attached hydrogens (tertiary/aromatic N) is 1. The van der Waals surface area contributed by atoms with Crippen LogP contribution < -0.4 is 5.32 Å². The highest BCUT2D eigenvalue weighted by molar-refractivity contribution is 9.10. The van der Waals surface area contributed by atoms with E-state index in [0.717, 1.165) is 0 Å². The van der Waals surface area contributed by atoms with Crippen molar-refractivity contribution >= 4 is 27.5 Å². The topological polar surface area (TPSA) is 52.6 Å². The summed E-state index contributed by atoms with van der Waals surface area (Å²) in [6, 6.07) is 4.43. The summed E-state index contributed by atoms with van der Waals surface area (Å²) in [7, 11) is 1.72. The van der Waals surface area contributed by atoms with Crippen molar-refractivity contribution in [3.8, 4) is 0 Å². The Kier molecular flexibility index (Phi) is 5.46. The van der Waals surface area contributed by atoms with Gasteiger partial charge in [-0.1, -0.05) is 15.9 Å². The van der Waals surface area contributed by atoms with Gasteiger partial charge in [0.1, 0.15) is 5.82 Å². The number of hydrogen-bond acceptors (Lipinski definition) is 3. The van der Waals surface area contributed by atoms with Gasteiger partial charge in [-0.2, -0.15) is 0 Å². The molecular weight excluding hydrogens is 315 g/mol. The largest absolute Gasteiger partial charge is 0.389 e. The standard InChI is InChI=1S/C13H18BrFN2O2/c1-13(2,19)8-17(3)7-12(18)16-11-5-4-9(14)6-10(11)15/h4-6,19H,7-8H2,1-3H3,(H,16,18). The minimum atomic E-state index is -0.877. The maximum Gasteiger partial charge on any atom is 0.238 e. The lowest BCUT2D eigenvalue weighted by atomic mass is 10.1. The highest BCUT2D eigenvalue weighted by Crippen LogP contribution is 2.19. The molecular formula is C13H18BrFN2O2. The molecule has 6 heteroatoms. The van der Waals surface area contributed by atoms with E-state index in [1.807, 2.05) is 0 Å². The van der Waals surface area contributed by atoms with Gasteiger partial charge in [0, 0.05) is 11.0 Å². The lowest BCUT2D eigenvalue weighted by Crippen LogP contribution is -2.40. The molecule has 0 aliphatic carbocycles. The molecule has 0 aliphatic heterocycles. The average molecular weight is 333 g/mol. The van der Waals surface area contributed by atoms with Gasteiger partial charge in [0.25, 0.3) is 0 Å². The van der Waals surface area contributed by atoms with Crippen molar-refractivity contribution in [2.45, 2.75) is 19.4 Å². The van der Waals surface area contributed by atoms with Crippen LogP contribution in [0, 0.1) is 5.82 Å². The van der Waals surface area contributed by atoms with Gasteiger partial charge < -0.3 is 10.4 Å².